The number of anilines is 1. The highest BCUT2D eigenvalue weighted by Crippen LogP contribution is 2.32. The highest BCUT2D eigenvalue weighted by atomic mass is 79.9. The molecule has 6 heteroatoms. The molecule has 0 bridgehead atoms. The Kier molecular flexibility index (Phi) is 3.33. The van der Waals surface area contributed by atoms with Crippen molar-refractivity contribution in [3.63, 3.8) is 0 Å². The molecular weight excluding hydrogens is 296 g/mol. The first-order valence-corrected chi connectivity index (χ1v) is 5.83. The zero-order chi connectivity index (χ0) is 12.6. The van der Waals surface area contributed by atoms with Gasteiger partial charge in [-0.1, -0.05) is 0 Å². The summed E-state index contributed by atoms with van der Waals surface area (Å²) in [5.74, 6) is -1.75. The van der Waals surface area contributed by atoms with E-state index in [0.29, 0.717) is 13.0 Å². The van der Waals surface area contributed by atoms with Gasteiger partial charge < -0.3 is 9.64 Å². The van der Waals surface area contributed by atoms with Crippen molar-refractivity contribution in [2.45, 2.75) is 12.5 Å². The second kappa shape index (κ2) is 4.60. The van der Waals surface area contributed by atoms with E-state index >= 15 is 0 Å². The topological polar surface area (TPSA) is 29.5 Å². The predicted octanol–water partition coefficient (Wildman–Crippen LogP) is 2.48. The average molecular weight is 306 g/mol. The van der Waals surface area contributed by atoms with Crippen molar-refractivity contribution in [1.29, 1.82) is 0 Å². The van der Waals surface area contributed by atoms with Crippen LogP contribution in [0.25, 0.3) is 0 Å². The van der Waals surface area contributed by atoms with Crippen LogP contribution in [0, 0.1) is 11.6 Å². The van der Waals surface area contributed by atoms with Gasteiger partial charge in [0.15, 0.2) is 0 Å². The van der Waals surface area contributed by atoms with E-state index in [0.717, 1.165) is 6.07 Å². The number of hydrogen-bond donors (Lipinski definition) is 0. The number of nitrogens with zero attached hydrogens (tertiary/aromatic N) is 1. The van der Waals surface area contributed by atoms with Crippen molar-refractivity contribution >= 4 is 27.6 Å². The molecule has 1 unspecified atom stereocenters. The van der Waals surface area contributed by atoms with Gasteiger partial charge in [0, 0.05) is 12.6 Å². The third kappa shape index (κ3) is 2.13. The molecule has 1 aliphatic rings. The van der Waals surface area contributed by atoms with Crippen molar-refractivity contribution < 1.29 is 18.3 Å². The molecule has 0 aromatic heterocycles. The summed E-state index contributed by atoms with van der Waals surface area (Å²) in [4.78, 5) is 12.9. The number of hydrogen-bond acceptors (Lipinski definition) is 3. The Morgan fingerprint density at radius 1 is 1.47 bits per heavy atom. The quantitative estimate of drug-likeness (QED) is 0.621. The Morgan fingerprint density at radius 3 is 2.71 bits per heavy atom. The van der Waals surface area contributed by atoms with Crippen molar-refractivity contribution in [2.75, 3.05) is 18.6 Å². The summed E-state index contributed by atoms with van der Waals surface area (Å²) >= 11 is 2.99. The minimum absolute atomic E-state index is 0.171. The Hall–Kier alpha value is -1.17. The van der Waals surface area contributed by atoms with Crippen LogP contribution in [-0.4, -0.2) is 25.7 Å². The number of benzene rings is 1. The fourth-order valence-corrected chi connectivity index (χ4v) is 2.12. The van der Waals surface area contributed by atoms with Crippen LogP contribution in [0.4, 0.5) is 14.5 Å². The summed E-state index contributed by atoms with van der Waals surface area (Å²) in [6, 6.07) is 1.65. The highest BCUT2D eigenvalue weighted by molar-refractivity contribution is 9.10. The summed E-state index contributed by atoms with van der Waals surface area (Å²) < 4.78 is 31.4. The van der Waals surface area contributed by atoms with E-state index < -0.39 is 23.6 Å². The van der Waals surface area contributed by atoms with E-state index in [4.69, 9.17) is 0 Å². The Labute approximate surface area is 105 Å². The van der Waals surface area contributed by atoms with Crippen molar-refractivity contribution in [2.24, 2.45) is 0 Å². The van der Waals surface area contributed by atoms with Crippen molar-refractivity contribution in [3.05, 3.63) is 28.2 Å². The summed E-state index contributed by atoms with van der Waals surface area (Å²) in [6.45, 7) is 0.550. The van der Waals surface area contributed by atoms with E-state index in [2.05, 4.69) is 20.7 Å². The molecule has 92 valence electrons. The van der Waals surface area contributed by atoms with Gasteiger partial charge in [-0.05, 0) is 28.4 Å². The molecule has 0 N–H and O–H groups in total. The molecule has 1 heterocycles. The average Bonchev–Trinajstić information content (AvgIpc) is 2.24. The molecular formula is C11H10BrF2NO2. The molecule has 2 rings (SSSR count). The Bertz CT molecular complexity index is 467. The van der Waals surface area contributed by atoms with Gasteiger partial charge in [-0.2, -0.15) is 0 Å². The Morgan fingerprint density at radius 2 is 2.18 bits per heavy atom. The van der Waals surface area contributed by atoms with Crippen LogP contribution in [-0.2, 0) is 9.53 Å². The molecule has 1 aromatic carbocycles. The molecule has 1 saturated heterocycles. The molecule has 3 nitrogen and oxygen atoms in total. The smallest absolute Gasteiger partial charge is 0.328 e. The van der Waals surface area contributed by atoms with Gasteiger partial charge in [0.25, 0.3) is 0 Å². The van der Waals surface area contributed by atoms with Gasteiger partial charge >= 0.3 is 5.97 Å². The fourth-order valence-electron chi connectivity index (χ4n) is 1.79. The molecule has 17 heavy (non-hydrogen) atoms. The van der Waals surface area contributed by atoms with Crippen LogP contribution in [0.15, 0.2) is 16.6 Å². The Balaban J connectivity index is 2.29. The lowest BCUT2D eigenvalue weighted by Crippen LogP contribution is -2.53. The second-order valence-corrected chi connectivity index (χ2v) is 4.59. The lowest BCUT2D eigenvalue weighted by Gasteiger charge is -2.40. The first-order chi connectivity index (χ1) is 8.04. The number of ether oxygens (including phenoxy) is 1. The normalized spacial score (nSPS) is 18.8. The van der Waals surface area contributed by atoms with Crippen LogP contribution in [0.5, 0.6) is 0 Å². The highest BCUT2D eigenvalue weighted by Gasteiger charge is 2.36. The van der Waals surface area contributed by atoms with E-state index in [9.17, 15) is 13.6 Å². The first kappa shape index (κ1) is 12.3. The van der Waals surface area contributed by atoms with Crippen LogP contribution in [0.1, 0.15) is 6.42 Å². The maximum Gasteiger partial charge on any atom is 0.328 e. The molecule has 1 atom stereocenters. The molecule has 1 aromatic rings. The summed E-state index contributed by atoms with van der Waals surface area (Å²) in [7, 11) is 1.29. The minimum atomic E-state index is -0.681. The predicted molar refractivity (Wildman–Crippen MR) is 61.8 cm³/mol. The van der Waals surface area contributed by atoms with Gasteiger partial charge in [0.1, 0.15) is 17.7 Å². The number of carbonyl (C=O) groups excluding carboxylic acids is 1. The number of rotatable bonds is 2. The number of halogens is 3. The van der Waals surface area contributed by atoms with Crippen LogP contribution < -0.4 is 4.90 Å². The molecule has 1 aliphatic heterocycles. The maximum absolute atomic E-state index is 13.6. The molecule has 0 spiro atoms. The van der Waals surface area contributed by atoms with Crippen molar-refractivity contribution in [1.82, 2.24) is 0 Å². The SMILES string of the molecule is COC(=O)C1CCN1c1cc(Br)c(F)cc1F. The van der Waals surface area contributed by atoms with E-state index in [1.54, 1.807) is 4.90 Å². The van der Waals surface area contributed by atoms with Crippen LogP contribution in [0.3, 0.4) is 0 Å². The lowest BCUT2D eigenvalue weighted by atomic mass is 10.0. The van der Waals surface area contributed by atoms with Crippen LogP contribution in [0.2, 0.25) is 0 Å². The summed E-state index contributed by atoms with van der Waals surface area (Å²) in [5.41, 5.74) is 0.208. The lowest BCUT2D eigenvalue weighted by molar-refractivity contribution is -0.143. The van der Waals surface area contributed by atoms with E-state index in [1.807, 2.05) is 0 Å². The molecule has 0 saturated carbocycles. The zero-order valence-electron chi connectivity index (χ0n) is 9.04. The molecule has 0 aliphatic carbocycles. The third-order valence-corrected chi connectivity index (χ3v) is 3.40. The fraction of sp³-hybridized carbons (Fsp3) is 0.364. The van der Waals surface area contributed by atoms with Gasteiger partial charge in [-0.25, -0.2) is 13.6 Å². The maximum atomic E-state index is 13.6. The number of methoxy groups -OCH3 is 1. The molecule has 0 amide bonds. The third-order valence-electron chi connectivity index (χ3n) is 2.79. The molecule has 0 radical (unpaired) electrons. The van der Waals surface area contributed by atoms with Crippen LogP contribution >= 0.6 is 15.9 Å². The van der Waals surface area contributed by atoms with Gasteiger partial charge in [-0.3, -0.25) is 0 Å². The standard InChI is InChI=1S/C11H10BrF2NO2/c1-17-11(16)9-2-3-15(9)10-4-6(12)7(13)5-8(10)14/h4-5,9H,2-3H2,1H3. The largest absolute Gasteiger partial charge is 0.467 e. The number of esters is 1. The van der Waals surface area contributed by atoms with Gasteiger partial charge in [0.05, 0.1) is 17.3 Å². The van der Waals surface area contributed by atoms with E-state index in [-0.39, 0.29) is 10.2 Å². The first-order valence-electron chi connectivity index (χ1n) is 5.03. The van der Waals surface area contributed by atoms with Gasteiger partial charge in [-0.15, -0.1) is 0 Å². The van der Waals surface area contributed by atoms with Crippen molar-refractivity contribution in [3.8, 4) is 0 Å². The monoisotopic (exact) mass is 305 g/mol. The minimum Gasteiger partial charge on any atom is -0.467 e. The zero-order valence-corrected chi connectivity index (χ0v) is 10.6. The second-order valence-electron chi connectivity index (χ2n) is 3.74. The number of carbonyl (C=O) groups is 1. The summed E-state index contributed by atoms with van der Waals surface area (Å²) in [6.07, 6.45) is 0.612. The van der Waals surface area contributed by atoms with E-state index in [1.165, 1.54) is 13.2 Å². The summed E-state index contributed by atoms with van der Waals surface area (Å²) in [5, 5.41) is 0. The van der Waals surface area contributed by atoms with Gasteiger partial charge in [0.2, 0.25) is 0 Å². The molecule has 1 fully saturated rings.